The summed E-state index contributed by atoms with van der Waals surface area (Å²) in [7, 11) is 0. The van der Waals surface area contributed by atoms with Crippen LogP contribution in [0.5, 0.6) is 5.75 Å². The van der Waals surface area contributed by atoms with Crippen LogP contribution in [0.1, 0.15) is 5.56 Å². The van der Waals surface area contributed by atoms with Gasteiger partial charge in [0, 0.05) is 11.5 Å². The van der Waals surface area contributed by atoms with Crippen molar-refractivity contribution >= 4 is 16.8 Å². The fourth-order valence-electron chi connectivity index (χ4n) is 2.49. The van der Waals surface area contributed by atoms with E-state index in [1.807, 2.05) is 42.5 Å². The number of carbonyl (C=O) groups is 1. The lowest BCUT2D eigenvalue weighted by molar-refractivity contribution is -0.118. The quantitative estimate of drug-likeness (QED) is 0.784. The molecule has 0 saturated heterocycles. The average Bonchev–Trinajstić information content (AvgIpc) is 2.56. The molecule has 0 atom stereocenters. The highest BCUT2D eigenvalue weighted by atomic mass is 16.5. The summed E-state index contributed by atoms with van der Waals surface area (Å²) in [5.41, 5.74) is 6.57. The monoisotopic (exact) mass is 308 g/mol. The van der Waals surface area contributed by atoms with Gasteiger partial charge >= 0.3 is 0 Å². The fraction of sp³-hybridized carbons (Fsp3) is 0.111. The second kappa shape index (κ2) is 6.36. The van der Waals surface area contributed by atoms with E-state index in [4.69, 9.17) is 10.5 Å². The fourth-order valence-corrected chi connectivity index (χ4v) is 2.49. The summed E-state index contributed by atoms with van der Waals surface area (Å²) < 4.78 is 7.22. The predicted molar refractivity (Wildman–Crippen MR) is 88.2 cm³/mol. The normalized spacial score (nSPS) is 10.6. The molecular formula is C18H16N2O3. The molecule has 5 heteroatoms. The first-order valence-electron chi connectivity index (χ1n) is 7.23. The van der Waals surface area contributed by atoms with E-state index in [2.05, 4.69) is 0 Å². The van der Waals surface area contributed by atoms with E-state index in [0.29, 0.717) is 17.9 Å². The number of amides is 1. The minimum absolute atomic E-state index is 0.179. The first-order valence-corrected chi connectivity index (χ1v) is 7.23. The number of ether oxygens (including phenoxy) is 1. The number of fused-ring (bicyclic) bond motifs is 1. The van der Waals surface area contributed by atoms with Crippen molar-refractivity contribution in [3.63, 3.8) is 0 Å². The summed E-state index contributed by atoms with van der Waals surface area (Å²) in [6.07, 6.45) is 0. The van der Waals surface area contributed by atoms with Gasteiger partial charge < -0.3 is 10.5 Å². The molecular weight excluding hydrogens is 292 g/mol. The van der Waals surface area contributed by atoms with Crippen molar-refractivity contribution in [3.05, 3.63) is 76.6 Å². The number of carbonyl (C=O) groups excluding carboxylic acids is 1. The third-order valence-electron chi connectivity index (χ3n) is 3.52. The molecule has 2 aromatic carbocycles. The van der Waals surface area contributed by atoms with E-state index >= 15 is 0 Å². The molecule has 0 unspecified atom stereocenters. The molecule has 0 aliphatic heterocycles. The second-order valence-corrected chi connectivity index (χ2v) is 5.19. The Morgan fingerprint density at radius 2 is 1.78 bits per heavy atom. The van der Waals surface area contributed by atoms with Gasteiger partial charge in [0.1, 0.15) is 18.9 Å². The van der Waals surface area contributed by atoms with Crippen molar-refractivity contribution < 1.29 is 9.53 Å². The smallest absolute Gasteiger partial charge is 0.251 e. The Balaban J connectivity index is 2.04. The second-order valence-electron chi connectivity index (χ2n) is 5.19. The van der Waals surface area contributed by atoms with Gasteiger partial charge in [0.05, 0.1) is 5.52 Å². The van der Waals surface area contributed by atoms with Gasteiger partial charge in [0.25, 0.3) is 5.56 Å². The van der Waals surface area contributed by atoms with Gasteiger partial charge in [0.15, 0.2) is 0 Å². The molecule has 0 spiro atoms. The Hall–Kier alpha value is -3.08. The number of pyridine rings is 1. The maximum absolute atomic E-state index is 12.1. The van der Waals surface area contributed by atoms with Gasteiger partial charge in [-0.2, -0.15) is 0 Å². The van der Waals surface area contributed by atoms with Crippen LogP contribution in [0.25, 0.3) is 10.9 Å². The van der Waals surface area contributed by atoms with E-state index < -0.39 is 5.91 Å². The van der Waals surface area contributed by atoms with Crippen LogP contribution in [0.3, 0.4) is 0 Å². The molecule has 0 saturated carbocycles. The Labute approximate surface area is 132 Å². The SMILES string of the molecule is NC(=O)Cn1c(=O)ccc2cccc(OCc3ccccc3)c21. The largest absolute Gasteiger partial charge is 0.487 e. The zero-order chi connectivity index (χ0) is 16.2. The van der Waals surface area contributed by atoms with E-state index in [1.165, 1.54) is 10.6 Å². The summed E-state index contributed by atoms with van der Waals surface area (Å²) in [5, 5.41) is 0.816. The molecule has 23 heavy (non-hydrogen) atoms. The zero-order valence-electron chi connectivity index (χ0n) is 12.4. The van der Waals surface area contributed by atoms with E-state index in [-0.39, 0.29) is 12.1 Å². The van der Waals surface area contributed by atoms with Gasteiger partial charge in [-0.15, -0.1) is 0 Å². The van der Waals surface area contributed by atoms with Crippen molar-refractivity contribution in [1.29, 1.82) is 0 Å². The number of hydrogen-bond donors (Lipinski definition) is 1. The number of para-hydroxylation sites is 1. The molecule has 0 bridgehead atoms. The highest BCUT2D eigenvalue weighted by Crippen LogP contribution is 2.25. The molecule has 1 amide bonds. The lowest BCUT2D eigenvalue weighted by atomic mass is 10.2. The Kier molecular flexibility index (Phi) is 4.10. The van der Waals surface area contributed by atoms with Crippen LogP contribution in [0.4, 0.5) is 0 Å². The van der Waals surface area contributed by atoms with E-state index in [0.717, 1.165) is 10.9 Å². The number of hydrogen-bond acceptors (Lipinski definition) is 3. The number of rotatable bonds is 5. The Bertz CT molecular complexity index is 901. The molecule has 0 aliphatic rings. The molecule has 0 aliphatic carbocycles. The highest BCUT2D eigenvalue weighted by Gasteiger charge is 2.11. The van der Waals surface area contributed by atoms with Crippen LogP contribution in [-0.4, -0.2) is 10.5 Å². The van der Waals surface area contributed by atoms with Crippen molar-refractivity contribution in [2.45, 2.75) is 13.2 Å². The Morgan fingerprint density at radius 1 is 1.00 bits per heavy atom. The van der Waals surface area contributed by atoms with Gasteiger partial charge in [0.2, 0.25) is 5.91 Å². The minimum Gasteiger partial charge on any atom is -0.487 e. The summed E-state index contributed by atoms with van der Waals surface area (Å²) >= 11 is 0. The third-order valence-corrected chi connectivity index (χ3v) is 3.52. The van der Waals surface area contributed by atoms with Crippen molar-refractivity contribution in [1.82, 2.24) is 4.57 Å². The topological polar surface area (TPSA) is 74.3 Å². The first-order chi connectivity index (χ1) is 11.1. The van der Waals surface area contributed by atoms with Crippen LogP contribution in [0, 0.1) is 0 Å². The highest BCUT2D eigenvalue weighted by molar-refractivity contribution is 5.86. The molecule has 1 aromatic heterocycles. The molecule has 1 heterocycles. The van der Waals surface area contributed by atoms with Crippen LogP contribution in [-0.2, 0) is 17.9 Å². The first kappa shape index (κ1) is 14.8. The lowest BCUT2D eigenvalue weighted by Crippen LogP contribution is -2.27. The Morgan fingerprint density at radius 3 is 2.52 bits per heavy atom. The summed E-state index contributed by atoms with van der Waals surface area (Å²) in [5.74, 6) is -0.0252. The van der Waals surface area contributed by atoms with Gasteiger partial charge in [-0.25, -0.2) is 0 Å². The van der Waals surface area contributed by atoms with Crippen LogP contribution >= 0.6 is 0 Å². The van der Waals surface area contributed by atoms with Gasteiger partial charge in [-0.3, -0.25) is 14.2 Å². The van der Waals surface area contributed by atoms with Crippen molar-refractivity contribution in [3.8, 4) is 5.75 Å². The lowest BCUT2D eigenvalue weighted by Gasteiger charge is -2.14. The number of aromatic nitrogens is 1. The molecule has 0 radical (unpaired) electrons. The summed E-state index contributed by atoms with van der Waals surface area (Å²) in [6.45, 7) is 0.196. The molecule has 3 rings (SSSR count). The zero-order valence-corrected chi connectivity index (χ0v) is 12.4. The maximum atomic E-state index is 12.1. The third kappa shape index (κ3) is 3.23. The number of nitrogens with two attached hydrogens (primary N) is 1. The maximum Gasteiger partial charge on any atom is 0.251 e. The average molecular weight is 308 g/mol. The number of primary amides is 1. The minimum atomic E-state index is -0.572. The summed E-state index contributed by atoms with van der Waals surface area (Å²) in [4.78, 5) is 23.4. The van der Waals surface area contributed by atoms with Crippen LogP contribution in [0.2, 0.25) is 0 Å². The van der Waals surface area contributed by atoms with Crippen LogP contribution in [0.15, 0.2) is 65.5 Å². The molecule has 0 fully saturated rings. The van der Waals surface area contributed by atoms with E-state index in [9.17, 15) is 9.59 Å². The number of benzene rings is 2. The van der Waals surface area contributed by atoms with E-state index in [1.54, 1.807) is 12.1 Å². The van der Waals surface area contributed by atoms with Crippen LogP contribution < -0.4 is 16.0 Å². The van der Waals surface area contributed by atoms with Gasteiger partial charge in [-0.1, -0.05) is 42.5 Å². The molecule has 116 valence electrons. The summed E-state index contributed by atoms with van der Waals surface area (Å²) in [6, 6.07) is 18.4. The van der Waals surface area contributed by atoms with Gasteiger partial charge in [-0.05, 0) is 17.7 Å². The van der Waals surface area contributed by atoms with Crippen molar-refractivity contribution in [2.75, 3.05) is 0 Å². The van der Waals surface area contributed by atoms with Crippen molar-refractivity contribution in [2.24, 2.45) is 5.73 Å². The standard InChI is InChI=1S/C18H16N2O3/c19-16(21)11-20-17(22)10-9-14-7-4-8-15(18(14)20)23-12-13-5-2-1-3-6-13/h1-10H,11-12H2,(H2,19,21). The molecule has 5 nitrogen and oxygen atoms in total. The molecule has 2 N–H and O–H groups in total. The molecule has 3 aromatic rings. The predicted octanol–water partition coefficient (Wildman–Crippen LogP) is 2.07. The number of nitrogens with zero attached hydrogens (tertiary/aromatic N) is 1.